The number of hydrogen-bond donors (Lipinski definition) is 0. The van der Waals surface area contributed by atoms with E-state index in [4.69, 9.17) is 5.26 Å². The Morgan fingerprint density at radius 2 is 2.32 bits per heavy atom. The van der Waals surface area contributed by atoms with Crippen LogP contribution in [0.5, 0.6) is 0 Å². The second-order valence-corrected chi connectivity index (χ2v) is 5.45. The van der Waals surface area contributed by atoms with Gasteiger partial charge < -0.3 is 4.90 Å². The van der Waals surface area contributed by atoms with Crippen LogP contribution in [0.15, 0.2) is 34.9 Å². The second kappa shape index (κ2) is 4.63. The van der Waals surface area contributed by atoms with Crippen molar-refractivity contribution in [3.63, 3.8) is 0 Å². The molecule has 5 heteroatoms. The molecule has 1 unspecified atom stereocenters. The fourth-order valence-electron chi connectivity index (χ4n) is 2.36. The Hall–Kier alpha value is -1.93. The summed E-state index contributed by atoms with van der Waals surface area (Å²) in [5.74, 6) is -0.234. The van der Waals surface area contributed by atoms with Crippen LogP contribution in [0, 0.1) is 17.2 Å². The van der Waals surface area contributed by atoms with Crippen LogP contribution in [0.4, 0.5) is 5.69 Å². The predicted octanol–water partition coefficient (Wildman–Crippen LogP) is 2.87. The van der Waals surface area contributed by atoms with Crippen molar-refractivity contribution < 1.29 is 4.79 Å². The van der Waals surface area contributed by atoms with Gasteiger partial charge in [0, 0.05) is 29.0 Å². The molecule has 4 nitrogen and oxygen atoms in total. The molecule has 0 radical (unpaired) electrons. The summed E-state index contributed by atoms with van der Waals surface area (Å²) >= 11 is 3.39. The zero-order valence-electron chi connectivity index (χ0n) is 10.0. The number of nitrogens with zero attached hydrogens (tertiary/aromatic N) is 3. The molecule has 1 fully saturated rings. The number of pyridine rings is 1. The molecule has 0 N–H and O–H groups in total. The third-order valence-corrected chi connectivity index (χ3v) is 3.69. The van der Waals surface area contributed by atoms with E-state index in [0.717, 1.165) is 21.1 Å². The lowest BCUT2D eigenvalue weighted by molar-refractivity contribution is -0.117. The van der Waals surface area contributed by atoms with Gasteiger partial charge in [0.15, 0.2) is 0 Å². The molecule has 1 aromatic heterocycles. The zero-order valence-corrected chi connectivity index (χ0v) is 11.6. The van der Waals surface area contributed by atoms with Crippen LogP contribution in [0.25, 0.3) is 10.9 Å². The van der Waals surface area contributed by atoms with Gasteiger partial charge in [0.25, 0.3) is 0 Å². The van der Waals surface area contributed by atoms with E-state index in [1.165, 1.54) is 0 Å². The molecule has 94 valence electrons. The highest BCUT2D eigenvalue weighted by atomic mass is 79.9. The minimum atomic E-state index is -0.224. The molecule has 0 spiro atoms. The number of amides is 1. The topological polar surface area (TPSA) is 57.0 Å². The highest BCUT2D eigenvalue weighted by Crippen LogP contribution is 2.31. The molecule has 0 bridgehead atoms. The molecule has 1 amide bonds. The molecule has 2 aromatic rings. The van der Waals surface area contributed by atoms with Crippen LogP contribution in [-0.4, -0.2) is 17.4 Å². The molecule has 3 rings (SSSR count). The maximum absolute atomic E-state index is 12.0. The molecule has 1 saturated heterocycles. The van der Waals surface area contributed by atoms with Crippen molar-refractivity contribution in [3.05, 3.63) is 34.9 Å². The average Bonchev–Trinajstić information content (AvgIpc) is 2.79. The summed E-state index contributed by atoms with van der Waals surface area (Å²) in [6.45, 7) is 0.451. The van der Waals surface area contributed by atoms with Gasteiger partial charge in [0.1, 0.15) is 0 Å². The van der Waals surface area contributed by atoms with Crippen molar-refractivity contribution in [2.45, 2.75) is 6.42 Å². The number of fused-ring (bicyclic) bond motifs is 1. The number of para-hydroxylation sites is 1. The Kier molecular flexibility index (Phi) is 2.96. The molecule has 2 heterocycles. The number of nitriles is 1. The Bertz CT molecular complexity index is 707. The van der Waals surface area contributed by atoms with Crippen LogP contribution < -0.4 is 4.90 Å². The first-order valence-corrected chi connectivity index (χ1v) is 6.72. The van der Waals surface area contributed by atoms with E-state index in [0.29, 0.717) is 13.0 Å². The van der Waals surface area contributed by atoms with E-state index >= 15 is 0 Å². The normalized spacial score (nSPS) is 18.8. The van der Waals surface area contributed by atoms with E-state index in [-0.39, 0.29) is 11.8 Å². The van der Waals surface area contributed by atoms with Gasteiger partial charge in [-0.15, -0.1) is 0 Å². The number of halogens is 1. The van der Waals surface area contributed by atoms with Crippen molar-refractivity contribution in [3.8, 4) is 6.07 Å². The first kappa shape index (κ1) is 12.1. The SMILES string of the molecule is N#CC1CC(=O)N(c2cccc3cc(Br)cnc23)C1. The molecule has 1 aliphatic heterocycles. The number of rotatable bonds is 1. The lowest BCUT2D eigenvalue weighted by atomic mass is 10.1. The van der Waals surface area contributed by atoms with E-state index in [1.54, 1.807) is 11.1 Å². The van der Waals surface area contributed by atoms with Gasteiger partial charge in [-0.25, -0.2) is 0 Å². The monoisotopic (exact) mass is 315 g/mol. The predicted molar refractivity (Wildman–Crippen MR) is 75.5 cm³/mol. The first-order chi connectivity index (χ1) is 9.19. The standard InChI is InChI=1S/C14H10BrN3O/c15-11-5-10-2-1-3-12(14(10)17-7-11)18-8-9(6-16)4-13(18)19/h1-3,5,7,9H,4,8H2. The largest absolute Gasteiger partial charge is 0.309 e. The number of carbonyl (C=O) groups excluding carboxylic acids is 1. The minimum absolute atomic E-state index is 0.0104. The van der Waals surface area contributed by atoms with E-state index in [2.05, 4.69) is 27.0 Å². The van der Waals surface area contributed by atoms with Crippen LogP contribution in [0.3, 0.4) is 0 Å². The minimum Gasteiger partial charge on any atom is -0.309 e. The van der Waals surface area contributed by atoms with E-state index in [9.17, 15) is 4.79 Å². The van der Waals surface area contributed by atoms with Crippen LogP contribution in [-0.2, 0) is 4.79 Å². The van der Waals surface area contributed by atoms with Crippen LogP contribution in [0.1, 0.15) is 6.42 Å². The fourth-order valence-corrected chi connectivity index (χ4v) is 2.71. The smallest absolute Gasteiger partial charge is 0.228 e. The van der Waals surface area contributed by atoms with Crippen LogP contribution >= 0.6 is 15.9 Å². The Morgan fingerprint density at radius 1 is 1.47 bits per heavy atom. The molecular weight excluding hydrogens is 306 g/mol. The summed E-state index contributed by atoms with van der Waals surface area (Å²) in [4.78, 5) is 18.0. The number of benzene rings is 1. The van der Waals surface area contributed by atoms with Gasteiger partial charge >= 0.3 is 0 Å². The maximum atomic E-state index is 12.0. The molecule has 1 aromatic carbocycles. The highest BCUT2D eigenvalue weighted by molar-refractivity contribution is 9.10. The van der Waals surface area contributed by atoms with Gasteiger partial charge in [-0.2, -0.15) is 5.26 Å². The lowest BCUT2D eigenvalue weighted by Gasteiger charge is -2.17. The number of hydrogen-bond acceptors (Lipinski definition) is 3. The van der Waals surface area contributed by atoms with E-state index < -0.39 is 0 Å². The summed E-state index contributed by atoms with van der Waals surface area (Å²) in [6, 6.07) is 9.86. The van der Waals surface area contributed by atoms with Gasteiger partial charge in [-0.05, 0) is 28.1 Å². The van der Waals surface area contributed by atoms with Gasteiger partial charge in [0.2, 0.25) is 5.91 Å². The Balaban J connectivity index is 2.11. The second-order valence-electron chi connectivity index (χ2n) is 4.54. The van der Waals surface area contributed by atoms with Crippen molar-refractivity contribution in [1.82, 2.24) is 4.98 Å². The summed E-state index contributed by atoms with van der Waals surface area (Å²) in [6.07, 6.45) is 2.01. The average molecular weight is 316 g/mol. The van der Waals surface area contributed by atoms with Crippen molar-refractivity contribution in [1.29, 1.82) is 5.26 Å². The molecule has 0 saturated carbocycles. The van der Waals surface area contributed by atoms with E-state index in [1.807, 2.05) is 24.3 Å². The molecule has 1 aliphatic rings. The summed E-state index contributed by atoms with van der Waals surface area (Å²) in [7, 11) is 0. The van der Waals surface area contributed by atoms with Gasteiger partial charge in [0.05, 0.1) is 23.2 Å². The summed E-state index contributed by atoms with van der Waals surface area (Å²) in [5, 5.41) is 9.92. The number of carbonyl (C=O) groups is 1. The third-order valence-electron chi connectivity index (χ3n) is 3.25. The molecule has 0 aliphatic carbocycles. The van der Waals surface area contributed by atoms with Crippen molar-refractivity contribution >= 4 is 38.4 Å². The summed E-state index contributed by atoms with van der Waals surface area (Å²) in [5.41, 5.74) is 1.57. The number of anilines is 1. The quantitative estimate of drug-likeness (QED) is 0.813. The van der Waals surface area contributed by atoms with Crippen molar-refractivity contribution in [2.24, 2.45) is 5.92 Å². The van der Waals surface area contributed by atoms with Gasteiger partial charge in [-0.3, -0.25) is 9.78 Å². The third kappa shape index (κ3) is 2.08. The molecule has 1 atom stereocenters. The molecular formula is C14H10BrN3O. The Morgan fingerprint density at radius 3 is 3.05 bits per heavy atom. The van der Waals surface area contributed by atoms with Crippen molar-refractivity contribution in [2.75, 3.05) is 11.4 Å². The summed E-state index contributed by atoms with van der Waals surface area (Å²) < 4.78 is 0.903. The molecule has 19 heavy (non-hydrogen) atoms. The number of aromatic nitrogens is 1. The first-order valence-electron chi connectivity index (χ1n) is 5.93. The maximum Gasteiger partial charge on any atom is 0.228 e. The zero-order chi connectivity index (χ0) is 13.4. The highest BCUT2D eigenvalue weighted by Gasteiger charge is 2.31. The van der Waals surface area contributed by atoms with Crippen LogP contribution in [0.2, 0.25) is 0 Å². The van der Waals surface area contributed by atoms with Gasteiger partial charge in [-0.1, -0.05) is 12.1 Å². The fraction of sp³-hybridized carbons (Fsp3) is 0.214. The lowest BCUT2D eigenvalue weighted by Crippen LogP contribution is -2.24. The Labute approximate surface area is 118 Å².